The minimum absolute atomic E-state index is 0.142. The number of anilines is 1. The van der Waals surface area contributed by atoms with Crippen molar-refractivity contribution in [1.82, 2.24) is 0 Å². The van der Waals surface area contributed by atoms with Crippen LogP contribution in [-0.4, -0.2) is 6.54 Å². The molecule has 1 N–H and O–H groups in total. The van der Waals surface area contributed by atoms with Crippen LogP contribution in [0.1, 0.15) is 12.8 Å². The lowest BCUT2D eigenvalue weighted by Gasteiger charge is -2.05. The Bertz CT molecular complexity index is 344. The standard InChI is InChI=1S/C10H10F2N2/c11-8-3-4-9(12)10(7-8)14-6-2-1-5-13/h3-4,7,14H,1-2,6H2. The maximum absolute atomic E-state index is 13.0. The SMILES string of the molecule is N#CCCCNc1cc(F)ccc1F. The highest BCUT2D eigenvalue weighted by Gasteiger charge is 2.01. The van der Waals surface area contributed by atoms with Crippen molar-refractivity contribution in [2.75, 3.05) is 11.9 Å². The number of hydrogen-bond acceptors (Lipinski definition) is 2. The molecule has 4 heteroatoms. The maximum atomic E-state index is 13.0. The fourth-order valence-electron chi connectivity index (χ4n) is 1.02. The van der Waals surface area contributed by atoms with E-state index in [9.17, 15) is 8.78 Å². The van der Waals surface area contributed by atoms with E-state index in [4.69, 9.17) is 5.26 Å². The van der Waals surface area contributed by atoms with Gasteiger partial charge in [-0.05, 0) is 24.6 Å². The smallest absolute Gasteiger partial charge is 0.146 e. The van der Waals surface area contributed by atoms with E-state index in [1.165, 1.54) is 0 Å². The molecule has 1 aromatic rings. The van der Waals surface area contributed by atoms with Gasteiger partial charge >= 0.3 is 0 Å². The number of nitrogens with zero attached hydrogens (tertiary/aromatic N) is 1. The molecule has 0 aliphatic carbocycles. The van der Waals surface area contributed by atoms with E-state index in [2.05, 4.69) is 5.32 Å². The van der Waals surface area contributed by atoms with Gasteiger partial charge in [-0.1, -0.05) is 0 Å². The summed E-state index contributed by atoms with van der Waals surface area (Å²) in [6.07, 6.45) is 1.02. The van der Waals surface area contributed by atoms with Crippen molar-refractivity contribution in [3.63, 3.8) is 0 Å². The molecule has 0 spiro atoms. The fourth-order valence-corrected chi connectivity index (χ4v) is 1.02. The van der Waals surface area contributed by atoms with Gasteiger partial charge in [0.2, 0.25) is 0 Å². The Morgan fingerprint density at radius 1 is 1.36 bits per heavy atom. The highest BCUT2D eigenvalue weighted by molar-refractivity contribution is 5.44. The van der Waals surface area contributed by atoms with Crippen LogP contribution in [0.3, 0.4) is 0 Å². The van der Waals surface area contributed by atoms with E-state index in [-0.39, 0.29) is 5.69 Å². The van der Waals surface area contributed by atoms with Crippen LogP contribution in [0.2, 0.25) is 0 Å². The number of unbranched alkanes of at least 4 members (excludes halogenated alkanes) is 1. The molecule has 74 valence electrons. The zero-order valence-corrected chi connectivity index (χ0v) is 7.56. The second-order valence-corrected chi connectivity index (χ2v) is 2.81. The van der Waals surface area contributed by atoms with Gasteiger partial charge in [0.1, 0.15) is 11.6 Å². The summed E-state index contributed by atoms with van der Waals surface area (Å²) in [6, 6.07) is 5.21. The largest absolute Gasteiger partial charge is 0.383 e. The Labute approximate surface area is 81.2 Å². The average Bonchev–Trinajstić information content (AvgIpc) is 2.18. The Morgan fingerprint density at radius 2 is 2.14 bits per heavy atom. The molecule has 2 nitrogen and oxygen atoms in total. The molecule has 1 rings (SSSR count). The van der Waals surface area contributed by atoms with Crippen molar-refractivity contribution >= 4 is 5.69 Å². The first-order valence-electron chi connectivity index (χ1n) is 4.30. The Kier molecular flexibility index (Phi) is 3.86. The molecular weight excluding hydrogens is 186 g/mol. The average molecular weight is 196 g/mol. The van der Waals surface area contributed by atoms with Crippen LogP contribution >= 0.6 is 0 Å². The zero-order valence-electron chi connectivity index (χ0n) is 7.56. The second kappa shape index (κ2) is 5.18. The minimum atomic E-state index is -0.483. The third kappa shape index (κ3) is 3.02. The number of hydrogen-bond donors (Lipinski definition) is 1. The summed E-state index contributed by atoms with van der Waals surface area (Å²) >= 11 is 0. The van der Waals surface area contributed by atoms with Gasteiger partial charge in [-0.25, -0.2) is 8.78 Å². The summed E-state index contributed by atoms with van der Waals surface area (Å²) < 4.78 is 25.6. The van der Waals surface area contributed by atoms with Crippen LogP contribution in [0.25, 0.3) is 0 Å². The van der Waals surface area contributed by atoms with E-state index in [0.717, 1.165) is 18.2 Å². The number of halogens is 2. The maximum Gasteiger partial charge on any atom is 0.146 e. The van der Waals surface area contributed by atoms with Crippen LogP contribution < -0.4 is 5.32 Å². The zero-order chi connectivity index (χ0) is 10.4. The van der Waals surface area contributed by atoms with Crippen LogP contribution in [-0.2, 0) is 0 Å². The minimum Gasteiger partial charge on any atom is -0.383 e. The highest BCUT2D eigenvalue weighted by atomic mass is 19.1. The van der Waals surface area contributed by atoms with Gasteiger partial charge < -0.3 is 5.32 Å². The molecule has 14 heavy (non-hydrogen) atoms. The number of benzene rings is 1. The van der Waals surface area contributed by atoms with Crippen LogP contribution in [0.5, 0.6) is 0 Å². The molecule has 0 saturated carbocycles. The summed E-state index contributed by atoms with van der Waals surface area (Å²) in [5, 5.41) is 11.0. The summed E-state index contributed by atoms with van der Waals surface area (Å²) in [5.74, 6) is -0.961. The first-order chi connectivity index (χ1) is 6.74. The lowest BCUT2D eigenvalue weighted by Crippen LogP contribution is -2.03. The number of nitrogens with one attached hydrogen (secondary N) is 1. The summed E-state index contributed by atoms with van der Waals surface area (Å²) in [6.45, 7) is 0.466. The van der Waals surface area contributed by atoms with Crippen molar-refractivity contribution in [3.05, 3.63) is 29.8 Å². The van der Waals surface area contributed by atoms with Crippen molar-refractivity contribution in [2.45, 2.75) is 12.8 Å². The molecule has 0 fully saturated rings. The molecule has 0 heterocycles. The normalized spacial score (nSPS) is 9.50. The van der Waals surface area contributed by atoms with Crippen molar-refractivity contribution in [2.24, 2.45) is 0 Å². The van der Waals surface area contributed by atoms with Gasteiger partial charge in [0.15, 0.2) is 0 Å². The molecule has 1 aromatic carbocycles. The van der Waals surface area contributed by atoms with Gasteiger partial charge in [0.05, 0.1) is 11.8 Å². The Morgan fingerprint density at radius 3 is 2.86 bits per heavy atom. The van der Waals surface area contributed by atoms with Crippen molar-refractivity contribution in [1.29, 1.82) is 5.26 Å². The van der Waals surface area contributed by atoms with Gasteiger partial charge in [0, 0.05) is 13.0 Å². The molecule has 0 unspecified atom stereocenters. The van der Waals surface area contributed by atoms with E-state index < -0.39 is 11.6 Å². The third-order valence-electron chi connectivity index (χ3n) is 1.71. The number of nitriles is 1. The predicted octanol–water partition coefficient (Wildman–Crippen LogP) is 2.68. The molecule has 0 amide bonds. The Hall–Kier alpha value is -1.63. The molecule has 0 saturated heterocycles. The van der Waals surface area contributed by atoms with E-state index in [0.29, 0.717) is 19.4 Å². The van der Waals surface area contributed by atoms with Gasteiger partial charge in [-0.2, -0.15) is 5.26 Å². The van der Waals surface area contributed by atoms with Crippen molar-refractivity contribution in [3.8, 4) is 6.07 Å². The Balaban J connectivity index is 2.50. The van der Waals surface area contributed by atoms with E-state index >= 15 is 0 Å². The first kappa shape index (κ1) is 10.5. The van der Waals surface area contributed by atoms with Crippen molar-refractivity contribution < 1.29 is 8.78 Å². The highest BCUT2D eigenvalue weighted by Crippen LogP contribution is 2.14. The monoisotopic (exact) mass is 196 g/mol. The molecular formula is C10H10F2N2. The molecule has 0 aromatic heterocycles. The molecule has 0 aliphatic heterocycles. The van der Waals surface area contributed by atoms with Gasteiger partial charge in [-0.3, -0.25) is 0 Å². The summed E-state index contributed by atoms with van der Waals surface area (Å²) in [5.41, 5.74) is 0.142. The van der Waals surface area contributed by atoms with Crippen LogP contribution in [0.4, 0.5) is 14.5 Å². The fraction of sp³-hybridized carbons (Fsp3) is 0.300. The van der Waals surface area contributed by atoms with Crippen LogP contribution in [0, 0.1) is 23.0 Å². The molecule has 0 bridgehead atoms. The lowest BCUT2D eigenvalue weighted by atomic mass is 10.2. The van der Waals surface area contributed by atoms with E-state index in [1.807, 2.05) is 6.07 Å². The second-order valence-electron chi connectivity index (χ2n) is 2.81. The third-order valence-corrected chi connectivity index (χ3v) is 1.71. The van der Waals surface area contributed by atoms with Crippen LogP contribution in [0.15, 0.2) is 18.2 Å². The molecule has 0 atom stereocenters. The van der Waals surface area contributed by atoms with E-state index in [1.54, 1.807) is 0 Å². The first-order valence-corrected chi connectivity index (χ1v) is 4.30. The summed E-state index contributed by atoms with van der Waals surface area (Å²) in [7, 11) is 0. The number of rotatable bonds is 4. The lowest BCUT2D eigenvalue weighted by molar-refractivity contribution is 0.602. The predicted molar refractivity (Wildman–Crippen MR) is 49.7 cm³/mol. The molecule has 0 radical (unpaired) electrons. The topological polar surface area (TPSA) is 35.8 Å². The van der Waals surface area contributed by atoms with Gasteiger partial charge in [-0.15, -0.1) is 0 Å². The quantitative estimate of drug-likeness (QED) is 0.751. The molecule has 0 aliphatic rings. The van der Waals surface area contributed by atoms with Gasteiger partial charge in [0.25, 0.3) is 0 Å². The summed E-state index contributed by atoms with van der Waals surface area (Å²) in [4.78, 5) is 0.